The van der Waals surface area contributed by atoms with E-state index in [1.807, 2.05) is 0 Å². The highest BCUT2D eigenvalue weighted by Crippen LogP contribution is 2.22. The van der Waals surface area contributed by atoms with Crippen molar-refractivity contribution in [2.75, 3.05) is 0 Å². The van der Waals surface area contributed by atoms with E-state index in [1.165, 1.54) is 24.8 Å². The number of aromatic nitrogens is 3. The Balaban J connectivity index is 2.33. The molecule has 2 heterocycles. The molecule has 0 saturated carbocycles. The van der Waals surface area contributed by atoms with Gasteiger partial charge in [-0.15, -0.1) is 0 Å². The van der Waals surface area contributed by atoms with Crippen LogP contribution in [0, 0.1) is 0 Å². The van der Waals surface area contributed by atoms with Crippen LogP contribution in [0.4, 0.5) is 13.2 Å². The lowest BCUT2D eigenvalue weighted by Crippen LogP contribution is -2.17. The first-order valence-electron chi connectivity index (χ1n) is 4.54. The highest BCUT2D eigenvalue weighted by atomic mass is 19.4. The zero-order valence-corrected chi connectivity index (χ0v) is 8.15. The second-order valence-corrected chi connectivity index (χ2v) is 3.23. The van der Waals surface area contributed by atoms with Crippen LogP contribution < -0.4 is 0 Å². The molecule has 2 aromatic rings. The molecule has 0 aliphatic heterocycles. The van der Waals surface area contributed by atoms with Crippen LogP contribution in [0.15, 0.2) is 36.9 Å². The van der Waals surface area contributed by atoms with Gasteiger partial charge in [0.15, 0.2) is 0 Å². The van der Waals surface area contributed by atoms with E-state index in [9.17, 15) is 13.2 Å². The van der Waals surface area contributed by atoms with Gasteiger partial charge in [0.25, 0.3) is 0 Å². The molecule has 16 heavy (non-hydrogen) atoms. The van der Waals surface area contributed by atoms with E-state index in [1.54, 1.807) is 12.1 Å². The number of rotatable bonds is 2. The second-order valence-electron chi connectivity index (χ2n) is 3.23. The van der Waals surface area contributed by atoms with Crippen molar-refractivity contribution in [2.45, 2.75) is 12.7 Å². The van der Waals surface area contributed by atoms with Crippen molar-refractivity contribution in [2.24, 2.45) is 0 Å². The molecule has 0 N–H and O–H groups in total. The summed E-state index contributed by atoms with van der Waals surface area (Å²) in [7, 11) is 0. The SMILES string of the molecule is FC(F)(F)Cn1ccnc1-c1ccncc1. The second kappa shape index (κ2) is 3.96. The van der Waals surface area contributed by atoms with E-state index in [4.69, 9.17) is 0 Å². The average molecular weight is 227 g/mol. The normalized spacial score (nSPS) is 11.7. The molecule has 84 valence electrons. The first kappa shape index (κ1) is 10.7. The molecule has 0 saturated heterocycles. The Labute approximate surface area is 89.6 Å². The van der Waals surface area contributed by atoms with Crippen LogP contribution in [0.5, 0.6) is 0 Å². The van der Waals surface area contributed by atoms with Gasteiger partial charge >= 0.3 is 6.18 Å². The summed E-state index contributed by atoms with van der Waals surface area (Å²) in [6.07, 6.45) is 1.44. The molecule has 3 nitrogen and oxygen atoms in total. The van der Waals surface area contributed by atoms with Crippen LogP contribution in [-0.4, -0.2) is 20.7 Å². The van der Waals surface area contributed by atoms with E-state index < -0.39 is 12.7 Å². The van der Waals surface area contributed by atoms with Gasteiger partial charge in [0.1, 0.15) is 12.4 Å². The first-order chi connectivity index (χ1) is 7.56. The third kappa shape index (κ3) is 2.39. The maximum Gasteiger partial charge on any atom is 0.406 e. The molecule has 0 radical (unpaired) electrons. The number of imidazole rings is 1. The van der Waals surface area contributed by atoms with E-state index in [0.717, 1.165) is 4.57 Å². The third-order valence-corrected chi connectivity index (χ3v) is 2.00. The third-order valence-electron chi connectivity index (χ3n) is 2.00. The van der Waals surface area contributed by atoms with Gasteiger partial charge < -0.3 is 4.57 Å². The van der Waals surface area contributed by atoms with Gasteiger partial charge in [-0.3, -0.25) is 4.98 Å². The van der Waals surface area contributed by atoms with Gasteiger partial charge in [-0.05, 0) is 12.1 Å². The van der Waals surface area contributed by atoms with Gasteiger partial charge in [0, 0.05) is 30.4 Å². The quantitative estimate of drug-likeness (QED) is 0.789. The van der Waals surface area contributed by atoms with Gasteiger partial charge in [-0.2, -0.15) is 13.2 Å². The molecule has 2 rings (SSSR count). The lowest BCUT2D eigenvalue weighted by Gasteiger charge is -2.10. The molecule has 0 unspecified atom stereocenters. The zero-order chi connectivity index (χ0) is 11.6. The summed E-state index contributed by atoms with van der Waals surface area (Å²) in [5, 5.41) is 0. The molecule has 0 atom stereocenters. The number of hydrogen-bond acceptors (Lipinski definition) is 2. The molecule has 0 fully saturated rings. The van der Waals surface area contributed by atoms with Crippen LogP contribution in [-0.2, 0) is 6.54 Å². The van der Waals surface area contributed by atoms with E-state index in [0.29, 0.717) is 11.4 Å². The largest absolute Gasteiger partial charge is 0.406 e. The van der Waals surface area contributed by atoms with Crippen molar-refractivity contribution < 1.29 is 13.2 Å². The summed E-state index contributed by atoms with van der Waals surface area (Å²) in [5.74, 6) is 0.291. The molecular weight excluding hydrogens is 219 g/mol. The van der Waals surface area contributed by atoms with Crippen molar-refractivity contribution in [3.8, 4) is 11.4 Å². The highest BCUT2D eigenvalue weighted by Gasteiger charge is 2.28. The number of pyridine rings is 1. The highest BCUT2D eigenvalue weighted by molar-refractivity contribution is 5.54. The fraction of sp³-hybridized carbons (Fsp3) is 0.200. The molecule has 0 spiro atoms. The molecule has 0 amide bonds. The predicted octanol–water partition coefficient (Wildman–Crippen LogP) is 2.51. The van der Waals surface area contributed by atoms with Crippen molar-refractivity contribution in [3.63, 3.8) is 0 Å². The van der Waals surface area contributed by atoms with E-state index >= 15 is 0 Å². The Morgan fingerprint density at radius 2 is 1.81 bits per heavy atom. The Hall–Kier alpha value is -1.85. The van der Waals surface area contributed by atoms with Crippen LogP contribution in [0.2, 0.25) is 0 Å². The summed E-state index contributed by atoms with van der Waals surface area (Å²) in [5.41, 5.74) is 0.615. The molecule has 0 aliphatic rings. The Morgan fingerprint density at radius 1 is 1.12 bits per heavy atom. The van der Waals surface area contributed by atoms with Crippen molar-refractivity contribution in [1.29, 1.82) is 0 Å². The van der Waals surface area contributed by atoms with Crippen LogP contribution in [0.1, 0.15) is 0 Å². The van der Waals surface area contributed by atoms with Crippen LogP contribution in [0.25, 0.3) is 11.4 Å². The molecule has 6 heteroatoms. The topological polar surface area (TPSA) is 30.7 Å². The minimum absolute atomic E-state index is 0.291. The van der Waals surface area contributed by atoms with E-state index in [2.05, 4.69) is 9.97 Å². The number of nitrogens with zero attached hydrogens (tertiary/aromatic N) is 3. The van der Waals surface area contributed by atoms with Crippen molar-refractivity contribution >= 4 is 0 Å². The molecule has 0 aromatic carbocycles. The Kier molecular flexibility index (Phi) is 2.64. The Morgan fingerprint density at radius 3 is 2.44 bits per heavy atom. The van der Waals surface area contributed by atoms with Crippen molar-refractivity contribution in [1.82, 2.24) is 14.5 Å². The predicted molar refractivity (Wildman–Crippen MR) is 51.5 cm³/mol. The zero-order valence-electron chi connectivity index (χ0n) is 8.15. The van der Waals surface area contributed by atoms with Crippen molar-refractivity contribution in [3.05, 3.63) is 36.9 Å². The minimum atomic E-state index is -4.25. The number of halogens is 3. The number of alkyl halides is 3. The fourth-order valence-corrected chi connectivity index (χ4v) is 1.39. The van der Waals surface area contributed by atoms with Gasteiger partial charge in [0.2, 0.25) is 0 Å². The van der Waals surface area contributed by atoms with Crippen LogP contribution >= 0.6 is 0 Å². The summed E-state index contributed by atoms with van der Waals surface area (Å²) >= 11 is 0. The van der Waals surface area contributed by atoms with Gasteiger partial charge in [-0.25, -0.2) is 4.98 Å². The monoisotopic (exact) mass is 227 g/mol. The standard InChI is InChI=1S/C10H8F3N3/c11-10(12,13)7-16-6-5-15-9(16)8-1-3-14-4-2-8/h1-6H,7H2. The van der Waals surface area contributed by atoms with Crippen LogP contribution in [0.3, 0.4) is 0 Å². The lowest BCUT2D eigenvalue weighted by atomic mass is 10.2. The molecular formula is C10H8F3N3. The minimum Gasteiger partial charge on any atom is -0.322 e. The lowest BCUT2D eigenvalue weighted by molar-refractivity contribution is -0.140. The maximum atomic E-state index is 12.3. The van der Waals surface area contributed by atoms with Gasteiger partial charge in [0.05, 0.1) is 0 Å². The van der Waals surface area contributed by atoms with Gasteiger partial charge in [-0.1, -0.05) is 0 Å². The number of hydrogen-bond donors (Lipinski definition) is 0. The molecule has 0 bridgehead atoms. The summed E-state index contributed by atoms with van der Waals surface area (Å²) in [6, 6.07) is 3.24. The summed E-state index contributed by atoms with van der Waals surface area (Å²) in [4.78, 5) is 7.71. The van der Waals surface area contributed by atoms with E-state index in [-0.39, 0.29) is 0 Å². The molecule has 2 aromatic heterocycles. The fourth-order valence-electron chi connectivity index (χ4n) is 1.39. The molecule has 0 aliphatic carbocycles. The Bertz CT molecular complexity index is 462. The average Bonchev–Trinajstić information content (AvgIpc) is 2.64. The smallest absolute Gasteiger partial charge is 0.322 e. The first-order valence-corrected chi connectivity index (χ1v) is 4.54. The summed E-state index contributed by atoms with van der Waals surface area (Å²) < 4.78 is 37.8. The maximum absolute atomic E-state index is 12.3. The summed E-state index contributed by atoms with van der Waals surface area (Å²) in [6.45, 7) is -1.04.